The lowest BCUT2D eigenvalue weighted by molar-refractivity contribution is -0.384. The van der Waals surface area contributed by atoms with Gasteiger partial charge >= 0.3 is 0 Å². The summed E-state index contributed by atoms with van der Waals surface area (Å²) >= 11 is 0. The summed E-state index contributed by atoms with van der Waals surface area (Å²) in [7, 11) is 0. The number of carbonyl (C=O) groups is 2. The number of hydrogen-bond acceptors (Lipinski definition) is 4. The zero-order valence-corrected chi connectivity index (χ0v) is 11.4. The first-order chi connectivity index (χ1) is 9.45. The number of nitrogens with zero attached hydrogens (tertiary/aromatic N) is 1. The van der Waals surface area contributed by atoms with Gasteiger partial charge in [0.1, 0.15) is 6.04 Å². The third-order valence-corrected chi connectivity index (χ3v) is 2.61. The molecule has 108 valence electrons. The molecule has 7 heteroatoms. The molecule has 1 atom stereocenters. The van der Waals surface area contributed by atoms with Gasteiger partial charge in [-0.25, -0.2) is 0 Å². The molecule has 0 aliphatic heterocycles. The standard InChI is InChI=1S/C13H17N3O4/c1-3-7-14-12(17)9(2)15-13(18)10-5-4-6-11(8-10)16(19)20/h4-6,8-9H,3,7H2,1-2H3,(H,14,17)(H,15,18)/t9-/m0/s1. The Bertz CT molecular complexity index is 516. The Morgan fingerprint density at radius 3 is 2.70 bits per heavy atom. The van der Waals surface area contributed by atoms with Gasteiger partial charge in [0, 0.05) is 24.2 Å². The highest BCUT2D eigenvalue weighted by atomic mass is 16.6. The van der Waals surface area contributed by atoms with E-state index in [0.29, 0.717) is 6.54 Å². The smallest absolute Gasteiger partial charge is 0.270 e. The topological polar surface area (TPSA) is 101 Å². The summed E-state index contributed by atoms with van der Waals surface area (Å²) in [6, 6.07) is 4.65. The minimum atomic E-state index is -0.701. The molecule has 0 saturated heterocycles. The van der Waals surface area contributed by atoms with Gasteiger partial charge in [-0.1, -0.05) is 13.0 Å². The van der Waals surface area contributed by atoms with Crippen LogP contribution in [0.4, 0.5) is 5.69 Å². The average Bonchev–Trinajstić information content (AvgIpc) is 2.44. The predicted molar refractivity (Wildman–Crippen MR) is 73.3 cm³/mol. The molecule has 0 fully saturated rings. The molecule has 0 aromatic heterocycles. The van der Waals surface area contributed by atoms with Gasteiger partial charge in [0.05, 0.1) is 4.92 Å². The van der Waals surface area contributed by atoms with Crippen molar-refractivity contribution in [3.8, 4) is 0 Å². The van der Waals surface area contributed by atoms with Crippen LogP contribution in [0.1, 0.15) is 30.6 Å². The van der Waals surface area contributed by atoms with Gasteiger partial charge in [0.25, 0.3) is 11.6 Å². The van der Waals surface area contributed by atoms with Crippen LogP contribution < -0.4 is 10.6 Å². The van der Waals surface area contributed by atoms with Crippen LogP contribution in [0.3, 0.4) is 0 Å². The van der Waals surface area contributed by atoms with Gasteiger partial charge in [-0.2, -0.15) is 0 Å². The summed E-state index contributed by atoms with van der Waals surface area (Å²) in [6.07, 6.45) is 0.803. The van der Waals surface area contributed by atoms with Crippen molar-refractivity contribution in [2.24, 2.45) is 0 Å². The largest absolute Gasteiger partial charge is 0.354 e. The van der Waals surface area contributed by atoms with Crippen LogP contribution in [0, 0.1) is 10.1 Å². The fourth-order valence-corrected chi connectivity index (χ4v) is 1.51. The summed E-state index contributed by atoms with van der Waals surface area (Å²) in [5.74, 6) is -0.807. The maximum absolute atomic E-state index is 11.9. The number of non-ortho nitro benzene ring substituents is 1. The van der Waals surface area contributed by atoms with E-state index < -0.39 is 16.9 Å². The molecule has 2 amide bonds. The van der Waals surface area contributed by atoms with E-state index in [1.54, 1.807) is 6.92 Å². The SMILES string of the molecule is CCCNC(=O)[C@H](C)NC(=O)c1cccc([N+](=O)[O-])c1. The maximum Gasteiger partial charge on any atom is 0.270 e. The van der Waals surface area contributed by atoms with E-state index in [-0.39, 0.29) is 17.2 Å². The molecule has 0 aliphatic rings. The Morgan fingerprint density at radius 2 is 2.10 bits per heavy atom. The van der Waals surface area contributed by atoms with E-state index in [0.717, 1.165) is 6.42 Å². The number of nitrogens with one attached hydrogen (secondary N) is 2. The van der Waals surface area contributed by atoms with Gasteiger partial charge in [0.2, 0.25) is 5.91 Å². The van der Waals surface area contributed by atoms with Gasteiger partial charge in [-0.05, 0) is 19.4 Å². The molecular formula is C13H17N3O4. The highest BCUT2D eigenvalue weighted by Gasteiger charge is 2.17. The lowest BCUT2D eigenvalue weighted by Crippen LogP contribution is -2.45. The highest BCUT2D eigenvalue weighted by molar-refractivity contribution is 5.97. The summed E-state index contributed by atoms with van der Waals surface area (Å²) in [6.45, 7) is 4.02. The zero-order valence-electron chi connectivity index (χ0n) is 11.4. The lowest BCUT2D eigenvalue weighted by atomic mass is 10.1. The number of carbonyl (C=O) groups excluding carboxylic acids is 2. The predicted octanol–water partition coefficient (Wildman–Crippen LogP) is 1.24. The Balaban J connectivity index is 2.69. The minimum Gasteiger partial charge on any atom is -0.354 e. The summed E-state index contributed by atoms with van der Waals surface area (Å²) < 4.78 is 0. The Labute approximate surface area is 116 Å². The first kappa shape index (κ1) is 15.6. The van der Waals surface area contributed by atoms with Gasteiger partial charge in [-0.3, -0.25) is 19.7 Å². The number of nitro groups is 1. The monoisotopic (exact) mass is 279 g/mol. The first-order valence-corrected chi connectivity index (χ1v) is 6.28. The van der Waals surface area contributed by atoms with Crippen molar-refractivity contribution < 1.29 is 14.5 Å². The van der Waals surface area contributed by atoms with Crippen LogP contribution in [-0.4, -0.2) is 29.3 Å². The molecule has 0 radical (unpaired) electrons. The molecule has 2 N–H and O–H groups in total. The van der Waals surface area contributed by atoms with Gasteiger partial charge in [-0.15, -0.1) is 0 Å². The van der Waals surface area contributed by atoms with E-state index in [9.17, 15) is 19.7 Å². The molecule has 7 nitrogen and oxygen atoms in total. The van der Waals surface area contributed by atoms with Crippen molar-refractivity contribution in [3.05, 3.63) is 39.9 Å². The second kappa shape index (κ2) is 7.22. The van der Waals surface area contributed by atoms with E-state index in [1.807, 2.05) is 6.92 Å². The fraction of sp³-hybridized carbons (Fsp3) is 0.385. The summed E-state index contributed by atoms with van der Waals surface area (Å²) in [4.78, 5) is 33.6. The lowest BCUT2D eigenvalue weighted by Gasteiger charge is -2.13. The number of rotatable bonds is 6. The summed E-state index contributed by atoms with van der Waals surface area (Å²) in [5.41, 5.74) is -0.0184. The zero-order chi connectivity index (χ0) is 15.1. The fourth-order valence-electron chi connectivity index (χ4n) is 1.51. The molecule has 1 aromatic carbocycles. The van der Waals surface area contributed by atoms with Gasteiger partial charge < -0.3 is 10.6 Å². The molecule has 1 rings (SSSR count). The van der Waals surface area contributed by atoms with E-state index in [1.165, 1.54) is 24.3 Å². The van der Waals surface area contributed by atoms with Crippen LogP contribution >= 0.6 is 0 Å². The van der Waals surface area contributed by atoms with E-state index in [4.69, 9.17) is 0 Å². The van der Waals surface area contributed by atoms with Gasteiger partial charge in [0.15, 0.2) is 0 Å². The quantitative estimate of drug-likeness (QED) is 0.604. The summed E-state index contributed by atoms with van der Waals surface area (Å²) in [5, 5.41) is 15.8. The van der Waals surface area contributed by atoms with Crippen molar-refractivity contribution in [1.29, 1.82) is 0 Å². The number of benzene rings is 1. The van der Waals surface area contributed by atoms with Crippen molar-refractivity contribution in [2.45, 2.75) is 26.3 Å². The van der Waals surface area contributed by atoms with Crippen molar-refractivity contribution in [3.63, 3.8) is 0 Å². The van der Waals surface area contributed by atoms with Crippen molar-refractivity contribution in [1.82, 2.24) is 10.6 Å². The van der Waals surface area contributed by atoms with Crippen LogP contribution in [0.25, 0.3) is 0 Å². The molecule has 0 unspecified atom stereocenters. The second-order valence-corrected chi connectivity index (χ2v) is 4.29. The Morgan fingerprint density at radius 1 is 1.40 bits per heavy atom. The van der Waals surface area contributed by atoms with Crippen molar-refractivity contribution in [2.75, 3.05) is 6.54 Å². The van der Waals surface area contributed by atoms with Crippen LogP contribution in [0.15, 0.2) is 24.3 Å². The third kappa shape index (κ3) is 4.34. The van der Waals surface area contributed by atoms with Crippen molar-refractivity contribution >= 4 is 17.5 Å². The highest BCUT2D eigenvalue weighted by Crippen LogP contribution is 2.12. The van der Waals surface area contributed by atoms with Crippen LogP contribution in [0.2, 0.25) is 0 Å². The molecule has 0 heterocycles. The third-order valence-electron chi connectivity index (χ3n) is 2.61. The Kier molecular flexibility index (Phi) is 5.64. The second-order valence-electron chi connectivity index (χ2n) is 4.29. The molecule has 0 aliphatic carbocycles. The van der Waals surface area contributed by atoms with Crippen LogP contribution in [0.5, 0.6) is 0 Å². The molecular weight excluding hydrogens is 262 g/mol. The molecule has 0 spiro atoms. The normalized spacial score (nSPS) is 11.5. The molecule has 0 saturated carbocycles. The minimum absolute atomic E-state index is 0.148. The van der Waals surface area contributed by atoms with E-state index in [2.05, 4.69) is 10.6 Å². The molecule has 1 aromatic rings. The molecule has 0 bridgehead atoms. The van der Waals surface area contributed by atoms with Crippen LogP contribution in [-0.2, 0) is 4.79 Å². The number of hydrogen-bond donors (Lipinski definition) is 2. The number of nitro benzene ring substituents is 1. The number of amides is 2. The first-order valence-electron chi connectivity index (χ1n) is 6.28. The Hall–Kier alpha value is -2.44. The van der Waals surface area contributed by atoms with E-state index >= 15 is 0 Å². The maximum atomic E-state index is 11.9. The molecule has 20 heavy (non-hydrogen) atoms. The average molecular weight is 279 g/mol.